The number of carbonyl (C=O) groups is 1. The van der Waals surface area contributed by atoms with E-state index in [1.54, 1.807) is 0 Å². The molecule has 19 heavy (non-hydrogen) atoms. The summed E-state index contributed by atoms with van der Waals surface area (Å²) in [6.45, 7) is 6.20. The van der Waals surface area contributed by atoms with Gasteiger partial charge in [-0.05, 0) is 32.1 Å². The number of amides is 1. The summed E-state index contributed by atoms with van der Waals surface area (Å²) in [5.74, 6) is 1.04. The zero-order valence-corrected chi connectivity index (χ0v) is 12.7. The molecule has 0 bridgehead atoms. The third-order valence-corrected chi connectivity index (χ3v) is 5.75. The fourth-order valence-corrected chi connectivity index (χ4v) is 4.57. The van der Waals surface area contributed by atoms with Gasteiger partial charge in [-0.15, -0.1) is 0 Å². The first-order valence-electron chi connectivity index (χ1n) is 7.09. The molecule has 0 aliphatic carbocycles. The Morgan fingerprint density at radius 3 is 2.42 bits per heavy atom. The van der Waals surface area contributed by atoms with E-state index in [0.717, 1.165) is 6.42 Å². The van der Waals surface area contributed by atoms with Crippen molar-refractivity contribution in [3.63, 3.8) is 0 Å². The standard InChI is InChI=1S/C13H24N2O3S/c1-9(2)8-12-13(16)15(10(3)14-12)11-4-6-19(17,18)7-5-11/h9-12,14H,4-8H2,1-3H3. The molecule has 110 valence electrons. The lowest BCUT2D eigenvalue weighted by Crippen LogP contribution is -2.46. The van der Waals surface area contributed by atoms with E-state index in [1.807, 2.05) is 11.8 Å². The van der Waals surface area contributed by atoms with E-state index in [0.29, 0.717) is 18.8 Å². The van der Waals surface area contributed by atoms with Crippen LogP contribution in [-0.4, -0.2) is 49.0 Å². The highest BCUT2D eigenvalue weighted by Crippen LogP contribution is 2.25. The minimum absolute atomic E-state index is 0.0158. The summed E-state index contributed by atoms with van der Waals surface area (Å²) in [6.07, 6.45) is 2.01. The average Bonchev–Trinajstić information content (AvgIpc) is 2.55. The van der Waals surface area contributed by atoms with E-state index < -0.39 is 9.84 Å². The van der Waals surface area contributed by atoms with Crippen LogP contribution in [-0.2, 0) is 14.6 Å². The summed E-state index contributed by atoms with van der Waals surface area (Å²) in [7, 11) is -2.87. The smallest absolute Gasteiger partial charge is 0.241 e. The lowest BCUT2D eigenvalue weighted by molar-refractivity contribution is -0.132. The van der Waals surface area contributed by atoms with Gasteiger partial charge in [0.1, 0.15) is 9.84 Å². The Labute approximate surface area is 115 Å². The Kier molecular flexibility index (Phi) is 4.20. The first-order chi connectivity index (χ1) is 8.80. The number of sulfone groups is 1. The second-order valence-electron chi connectivity index (χ2n) is 6.15. The molecular formula is C13H24N2O3S. The molecule has 2 aliphatic heterocycles. The minimum atomic E-state index is -2.87. The largest absolute Gasteiger partial charge is 0.323 e. The Morgan fingerprint density at radius 1 is 1.32 bits per heavy atom. The van der Waals surface area contributed by atoms with Crippen LogP contribution in [0.15, 0.2) is 0 Å². The molecule has 0 aromatic rings. The summed E-state index contributed by atoms with van der Waals surface area (Å²) in [4.78, 5) is 14.3. The van der Waals surface area contributed by atoms with Gasteiger partial charge >= 0.3 is 0 Å². The average molecular weight is 288 g/mol. The lowest BCUT2D eigenvalue weighted by Gasteiger charge is -2.33. The predicted molar refractivity (Wildman–Crippen MR) is 74.4 cm³/mol. The van der Waals surface area contributed by atoms with Gasteiger partial charge in [-0.2, -0.15) is 0 Å². The quantitative estimate of drug-likeness (QED) is 0.832. The SMILES string of the molecule is CC(C)CC1NC(C)N(C2CCS(=O)(=O)CC2)C1=O. The van der Waals surface area contributed by atoms with Crippen molar-refractivity contribution in [2.45, 2.75) is 58.3 Å². The lowest BCUT2D eigenvalue weighted by atomic mass is 10.0. The van der Waals surface area contributed by atoms with Gasteiger partial charge in [-0.1, -0.05) is 13.8 Å². The van der Waals surface area contributed by atoms with Crippen LogP contribution in [0, 0.1) is 5.92 Å². The summed E-state index contributed by atoms with van der Waals surface area (Å²) >= 11 is 0. The molecule has 2 unspecified atom stereocenters. The van der Waals surface area contributed by atoms with Crippen molar-refractivity contribution in [1.29, 1.82) is 0 Å². The number of rotatable bonds is 3. The summed E-state index contributed by atoms with van der Waals surface area (Å²) < 4.78 is 22.9. The molecule has 0 spiro atoms. The van der Waals surface area contributed by atoms with E-state index >= 15 is 0 Å². The zero-order chi connectivity index (χ0) is 14.2. The highest BCUT2D eigenvalue weighted by Gasteiger charge is 2.41. The Morgan fingerprint density at radius 2 is 1.89 bits per heavy atom. The topological polar surface area (TPSA) is 66.5 Å². The normalized spacial score (nSPS) is 32.2. The minimum Gasteiger partial charge on any atom is -0.323 e. The number of carbonyl (C=O) groups excluding carboxylic acids is 1. The number of nitrogens with zero attached hydrogens (tertiary/aromatic N) is 1. The molecule has 2 rings (SSSR count). The van der Waals surface area contributed by atoms with Crippen molar-refractivity contribution in [3.05, 3.63) is 0 Å². The van der Waals surface area contributed by atoms with Crippen molar-refractivity contribution < 1.29 is 13.2 Å². The molecule has 2 saturated heterocycles. The molecule has 6 heteroatoms. The Bertz CT molecular complexity index is 433. The number of hydrogen-bond donors (Lipinski definition) is 1. The van der Waals surface area contributed by atoms with E-state index in [4.69, 9.17) is 0 Å². The summed E-state index contributed by atoms with van der Waals surface area (Å²) in [6, 6.07) is -0.0239. The van der Waals surface area contributed by atoms with E-state index in [2.05, 4.69) is 19.2 Å². The number of nitrogens with one attached hydrogen (secondary N) is 1. The molecule has 1 N–H and O–H groups in total. The molecule has 2 aliphatic rings. The molecule has 2 fully saturated rings. The van der Waals surface area contributed by atoms with Gasteiger partial charge in [0, 0.05) is 6.04 Å². The molecule has 0 aromatic heterocycles. The zero-order valence-electron chi connectivity index (χ0n) is 11.9. The van der Waals surface area contributed by atoms with Crippen molar-refractivity contribution >= 4 is 15.7 Å². The maximum atomic E-state index is 12.4. The third kappa shape index (κ3) is 3.28. The van der Waals surface area contributed by atoms with Crippen LogP contribution >= 0.6 is 0 Å². The fourth-order valence-electron chi connectivity index (χ4n) is 3.11. The van der Waals surface area contributed by atoms with E-state index in [9.17, 15) is 13.2 Å². The van der Waals surface area contributed by atoms with Crippen LogP contribution < -0.4 is 5.32 Å². The van der Waals surface area contributed by atoms with Crippen LogP contribution in [0.4, 0.5) is 0 Å². The summed E-state index contributed by atoms with van der Waals surface area (Å²) in [5.41, 5.74) is 0. The van der Waals surface area contributed by atoms with Gasteiger partial charge in [-0.3, -0.25) is 10.1 Å². The van der Waals surface area contributed by atoms with Crippen LogP contribution in [0.1, 0.15) is 40.0 Å². The Balaban J connectivity index is 2.03. The summed E-state index contributed by atoms with van der Waals surface area (Å²) in [5, 5.41) is 3.33. The van der Waals surface area contributed by atoms with Gasteiger partial charge < -0.3 is 4.90 Å². The van der Waals surface area contributed by atoms with Gasteiger partial charge in [-0.25, -0.2) is 8.42 Å². The molecule has 0 radical (unpaired) electrons. The molecule has 2 atom stereocenters. The molecule has 0 aromatic carbocycles. The van der Waals surface area contributed by atoms with Gasteiger partial charge in [0.2, 0.25) is 5.91 Å². The molecule has 5 nitrogen and oxygen atoms in total. The molecular weight excluding hydrogens is 264 g/mol. The van der Waals surface area contributed by atoms with Crippen LogP contribution in [0.3, 0.4) is 0 Å². The maximum Gasteiger partial charge on any atom is 0.241 e. The maximum absolute atomic E-state index is 12.4. The van der Waals surface area contributed by atoms with Crippen molar-refractivity contribution in [2.24, 2.45) is 5.92 Å². The molecule has 1 amide bonds. The van der Waals surface area contributed by atoms with Gasteiger partial charge in [0.05, 0.1) is 23.7 Å². The number of hydrogen-bond acceptors (Lipinski definition) is 4. The van der Waals surface area contributed by atoms with Crippen LogP contribution in [0.25, 0.3) is 0 Å². The Hall–Kier alpha value is -0.620. The first kappa shape index (κ1) is 14.8. The van der Waals surface area contributed by atoms with E-state index in [1.165, 1.54) is 0 Å². The molecule has 0 saturated carbocycles. The highest BCUT2D eigenvalue weighted by atomic mass is 32.2. The molecule has 2 heterocycles. The van der Waals surface area contributed by atoms with Crippen molar-refractivity contribution in [3.8, 4) is 0 Å². The monoisotopic (exact) mass is 288 g/mol. The van der Waals surface area contributed by atoms with Crippen molar-refractivity contribution in [2.75, 3.05) is 11.5 Å². The second kappa shape index (κ2) is 5.40. The predicted octanol–water partition coefficient (Wildman–Crippen LogP) is 0.756. The van der Waals surface area contributed by atoms with E-state index in [-0.39, 0.29) is 35.7 Å². The van der Waals surface area contributed by atoms with Crippen molar-refractivity contribution in [1.82, 2.24) is 10.2 Å². The fraction of sp³-hybridized carbons (Fsp3) is 0.923. The third-order valence-electron chi connectivity index (χ3n) is 4.04. The highest BCUT2D eigenvalue weighted by molar-refractivity contribution is 7.91. The first-order valence-corrected chi connectivity index (χ1v) is 8.91. The van der Waals surface area contributed by atoms with Crippen LogP contribution in [0.2, 0.25) is 0 Å². The second-order valence-corrected chi connectivity index (χ2v) is 8.46. The van der Waals surface area contributed by atoms with Gasteiger partial charge in [0.15, 0.2) is 0 Å². The van der Waals surface area contributed by atoms with Crippen LogP contribution in [0.5, 0.6) is 0 Å². The van der Waals surface area contributed by atoms with Gasteiger partial charge in [0.25, 0.3) is 0 Å².